The van der Waals surface area contributed by atoms with Crippen molar-refractivity contribution in [3.05, 3.63) is 23.5 Å². The first kappa shape index (κ1) is 13.4. The van der Waals surface area contributed by atoms with Gasteiger partial charge in [0.1, 0.15) is 5.69 Å². The molecular weight excluding hydrogens is 252 g/mol. The maximum absolute atomic E-state index is 12.5. The van der Waals surface area contributed by atoms with Crippen molar-refractivity contribution in [3.8, 4) is 0 Å². The van der Waals surface area contributed by atoms with Crippen molar-refractivity contribution in [3.63, 3.8) is 0 Å². The molecule has 1 saturated carbocycles. The molecular formula is C16H22N2O2. The second kappa shape index (κ2) is 5.08. The van der Waals surface area contributed by atoms with E-state index in [0.717, 1.165) is 19.5 Å². The Labute approximate surface area is 119 Å². The molecule has 1 aliphatic heterocycles. The normalized spacial score (nSPS) is 21.4. The summed E-state index contributed by atoms with van der Waals surface area (Å²) in [4.78, 5) is 28.7. The van der Waals surface area contributed by atoms with Crippen molar-refractivity contribution in [1.82, 2.24) is 9.88 Å². The minimum atomic E-state index is -0.00882. The minimum Gasteiger partial charge on any atom is -0.356 e. The lowest BCUT2D eigenvalue weighted by atomic mass is 9.73. The average molecular weight is 274 g/mol. The maximum Gasteiger partial charge on any atom is 0.270 e. The fraction of sp³-hybridized carbons (Fsp3) is 0.625. The second-order valence-corrected chi connectivity index (χ2v) is 6.40. The molecule has 0 bridgehead atoms. The average Bonchev–Trinajstić information content (AvgIpc) is 3.07. The molecule has 4 nitrogen and oxygen atoms in total. The SMILES string of the molecule is CC(=O)c1c[nH]c(C(=O)N2CCC3(CCCCC3)C2)c1. The van der Waals surface area contributed by atoms with Gasteiger partial charge in [-0.3, -0.25) is 9.59 Å². The van der Waals surface area contributed by atoms with Gasteiger partial charge < -0.3 is 9.88 Å². The summed E-state index contributed by atoms with van der Waals surface area (Å²) in [5.74, 6) is 0.0328. The Hall–Kier alpha value is -1.58. The lowest BCUT2D eigenvalue weighted by molar-refractivity contribution is 0.0754. The first-order valence-corrected chi connectivity index (χ1v) is 7.58. The summed E-state index contributed by atoms with van der Waals surface area (Å²) in [6.07, 6.45) is 9.24. The fourth-order valence-electron chi connectivity index (χ4n) is 3.71. The minimum absolute atomic E-state index is 0.00882. The highest BCUT2D eigenvalue weighted by Gasteiger charge is 2.40. The Morgan fingerprint density at radius 3 is 2.60 bits per heavy atom. The number of aromatic nitrogens is 1. The van der Waals surface area contributed by atoms with Crippen molar-refractivity contribution in [1.29, 1.82) is 0 Å². The van der Waals surface area contributed by atoms with Crippen LogP contribution in [0.4, 0.5) is 0 Å². The number of aromatic amines is 1. The third kappa shape index (κ3) is 2.39. The zero-order chi connectivity index (χ0) is 14.2. The summed E-state index contributed by atoms with van der Waals surface area (Å²) in [5.41, 5.74) is 1.51. The van der Waals surface area contributed by atoms with Crippen LogP contribution in [0.5, 0.6) is 0 Å². The largest absolute Gasteiger partial charge is 0.356 e. The first-order chi connectivity index (χ1) is 9.60. The van der Waals surface area contributed by atoms with Crippen LogP contribution in [-0.4, -0.2) is 34.7 Å². The number of rotatable bonds is 2. The van der Waals surface area contributed by atoms with Crippen molar-refractivity contribution >= 4 is 11.7 Å². The third-order valence-electron chi connectivity index (χ3n) is 4.96. The zero-order valence-corrected chi connectivity index (χ0v) is 12.1. The van der Waals surface area contributed by atoms with Gasteiger partial charge in [-0.2, -0.15) is 0 Å². The molecule has 2 aliphatic rings. The smallest absolute Gasteiger partial charge is 0.270 e. The first-order valence-electron chi connectivity index (χ1n) is 7.58. The number of carbonyl (C=O) groups excluding carboxylic acids is 2. The molecule has 4 heteroatoms. The van der Waals surface area contributed by atoms with Crippen LogP contribution in [0, 0.1) is 5.41 Å². The molecule has 1 N–H and O–H groups in total. The second-order valence-electron chi connectivity index (χ2n) is 6.40. The van der Waals surface area contributed by atoms with E-state index in [1.165, 1.54) is 39.0 Å². The molecule has 1 aliphatic carbocycles. The van der Waals surface area contributed by atoms with E-state index in [-0.39, 0.29) is 11.7 Å². The van der Waals surface area contributed by atoms with E-state index in [1.807, 2.05) is 4.90 Å². The van der Waals surface area contributed by atoms with Gasteiger partial charge in [0.05, 0.1) is 0 Å². The number of ketones is 1. The monoisotopic (exact) mass is 274 g/mol. The van der Waals surface area contributed by atoms with Crippen molar-refractivity contribution in [2.45, 2.75) is 45.4 Å². The van der Waals surface area contributed by atoms with E-state index in [1.54, 1.807) is 12.3 Å². The molecule has 3 rings (SSSR count). The van der Waals surface area contributed by atoms with E-state index >= 15 is 0 Å². The lowest BCUT2D eigenvalue weighted by Gasteiger charge is -2.33. The van der Waals surface area contributed by atoms with Gasteiger partial charge in [-0.1, -0.05) is 19.3 Å². The summed E-state index contributed by atoms with van der Waals surface area (Å²) in [7, 11) is 0. The van der Waals surface area contributed by atoms with E-state index in [4.69, 9.17) is 0 Å². The van der Waals surface area contributed by atoms with E-state index in [9.17, 15) is 9.59 Å². The van der Waals surface area contributed by atoms with Crippen LogP contribution in [0.2, 0.25) is 0 Å². The molecule has 1 aromatic rings. The van der Waals surface area contributed by atoms with Gasteiger partial charge in [-0.25, -0.2) is 0 Å². The Morgan fingerprint density at radius 1 is 1.20 bits per heavy atom. The number of amides is 1. The Balaban J connectivity index is 1.70. The molecule has 1 spiro atoms. The number of nitrogens with zero attached hydrogens (tertiary/aromatic N) is 1. The summed E-state index contributed by atoms with van der Waals surface area (Å²) >= 11 is 0. The summed E-state index contributed by atoms with van der Waals surface area (Å²) < 4.78 is 0. The maximum atomic E-state index is 12.5. The number of likely N-dealkylation sites (tertiary alicyclic amines) is 1. The van der Waals surface area contributed by atoms with Gasteiger partial charge in [0.2, 0.25) is 0 Å². The molecule has 2 fully saturated rings. The molecule has 0 radical (unpaired) electrons. The van der Waals surface area contributed by atoms with E-state index < -0.39 is 0 Å². The molecule has 0 unspecified atom stereocenters. The number of H-pyrrole nitrogens is 1. The van der Waals surface area contributed by atoms with Crippen LogP contribution in [-0.2, 0) is 0 Å². The van der Waals surface area contributed by atoms with E-state index in [0.29, 0.717) is 16.7 Å². The lowest BCUT2D eigenvalue weighted by Crippen LogP contribution is -2.33. The predicted octanol–water partition coefficient (Wildman–Crippen LogP) is 3.01. The van der Waals surface area contributed by atoms with Gasteiger partial charge in [0.25, 0.3) is 5.91 Å². The Kier molecular flexibility index (Phi) is 3.40. The van der Waals surface area contributed by atoms with Crippen LogP contribution >= 0.6 is 0 Å². The number of carbonyl (C=O) groups is 2. The van der Waals surface area contributed by atoms with Crippen LogP contribution in [0.1, 0.15) is 66.3 Å². The van der Waals surface area contributed by atoms with Gasteiger partial charge in [-0.15, -0.1) is 0 Å². The molecule has 1 amide bonds. The van der Waals surface area contributed by atoms with Crippen LogP contribution < -0.4 is 0 Å². The molecule has 108 valence electrons. The quantitative estimate of drug-likeness (QED) is 0.843. The van der Waals surface area contributed by atoms with Gasteiger partial charge in [0.15, 0.2) is 5.78 Å². The number of nitrogens with one attached hydrogen (secondary N) is 1. The highest BCUT2D eigenvalue weighted by atomic mass is 16.2. The molecule has 0 aromatic carbocycles. The molecule has 1 saturated heterocycles. The summed E-state index contributed by atoms with van der Waals surface area (Å²) in [5, 5.41) is 0. The molecule has 2 heterocycles. The van der Waals surface area contributed by atoms with Gasteiger partial charge in [0, 0.05) is 24.8 Å². The topological polar surface area (TPSA) is 53.2 Å². The van der Waals surface area contributed by atoms with Crippen molar-refractivity contribution in [2.75, 3.05) is 13.1 Å². The number of hydrogen-bond donors (Lipinski definition) is 1. The molecule has 1 aromatic heterocycles. The zero-order valence-electron chi connectivity index (χ0n) is 12.1. The fourth-order valence-corrected chi connectivity index (χ4v) is 3.71. The van der Waals surface area contributed by atoms with E-state index in [2.05, 4.69) is 4.98 Å². The molecule has 0 atom stereocenters. The Morgan fingerprint density at radius 2 is 1.95 bits per heavy atom. The predicted molar refractivity (Wildman–Crippen MR) is 76.8 cm³/mol. The van der Waals surface area contributed by atoms with Gasteiger partial charge >= 0.3 is 0 Å². The Bertz CT molecular complexity index is 526. The summed E-state index contributed by atoms with van der Waals surface area (Å²) in [6.45, 7) is 3.26. The third-order valence-corrected chi connectivity index (χ3v) is 4.96. The molecule has 20 heavy (non-hydrogen) atoms. The summed E-state index contributed by atoms with van der Waals surface area (Å²) in [6, 6.07) is 1.68. The van der Waals surface area contributed by atoms with Crippen molar-refractivity contribution < 1.29 is 9.59 Å². The number of hydrogen-bond acceptors (Lipinski definition) is 2. The van der Waals surface area contributed by atoms with Gasteiger partial charge in [-0.05, 0) is 37.7 Å². The highest BCUT2D eigenvalue weighted by molar-refractivity contribution is 5.99. The standard InChI is InChI=1S/C16H22N2O2/c1-12(19)13-9-14(17-10-13)15(20)18-8-7-16(11-18)5-3-2-4-6-16/h9-10,17H,2-8,11H2,1H3. The number of Topliss-reactive ketones (excluding diaryl/α,β-unsaturated/α-hetero) is 1. The van der Waals surface area contributed by atoms with Crippen LogP contribution in [0.3, 0.4) is 0 Å². The van der Waals surface area contributed by atoms with Crippen LogP contribution in [0.25, 0.3) is 0 Å². The van der Waals surface area contributed by atoms with Crippen molar-refractivity contribution in [2.24, 2.45) is 5.41 Å². The van der Waals surface area contributed by atoms with Crippen LogP contribution in [0.15, 0.2) is 12.3 Å². The highest BCUT2D eigenvalue weighted by Crippen LogP contribution is 2.43.